The second-order valence-electron chi connectivity index (χ2n) is 15.1. The highest BCUT2D eigenvalue weighted by Gasteiger charge is 2.56. The Morgan fingerprint density at radius 1 is 0.824 bits per heavy atom. The van der Waals surface area contributed by atoms with Gasteiger partial charge in [0.1, 0.15) is 18.3 Å². The summed E-state index contributed by atoms with van der Waals surface area (Å²) in [4.78, 5) is 42.5. The number of aryl methyl sites for hydroxylation is 2. The average Bonchev–Trinajstić information content (AvgIpc) is 3.06. The van der Waals surface area contributed by atoms with E-state index in [9.17, 15) is 19.5 Å². The van der Waals surface area contributed by atoms with Crippen molar-refractivity contribution in [2.75, 3.05) is 17.7 Å². The van der Waals surface area contributed by atoms with E-state index in [2.05, 4.69) is 43.5 Å². The average molecular weight is 691 g/mol. The fourth-order valence-electron chi connectivity index (χ4n) is 6.96. The maximum Gasteiger partial charge on any atom is 0.235 e. The molecule has 4 atom stereocenters. The number of hydrogen-bond donors (Lipinski definition) is 3. The standard InChI is InChI=1S/C43H50N2O6/c1-25-12-10-14-32(27(25)3)44-40(47)38-34(46)23-43(8,49)39(41(48)45-33-15-11-13-26(2)28(33)4)37(38)30-18-21-35(36(22-30)50-9)51-24-29-16-19-31(20-17-29)42(5,6)7/h10-22,37-39,49H,23-24H2,1-9H3,(H,44,47)(H,45,48). The molecule has 3 N–H and O–H groups in total. The summed E-state index contributed by atoms with van der Waals surface area (Å²) in [5.74, 6) is -4.15. The van der Waals surface area contributed by atoms with Crippen LogP contribution in [-0.2, 0) is 26.4 Å². The summed E-state index contributed by atoms with van der Waals surface area (Å²) in [5, 5.41) is 17.8. The Balaban J connectivity index is 1.55. The first-order valence-corrected chi connectivity index (χ1v) is 17.4. The van der Waals surface area contributed by atoms with E-state index in [0.717, 1.165) is 27.8 Å². The molecular weight excluding hydrogens is 640 g/mol. The van der Waals surface area contributed by atoms with Gasteiger partial charge < -0.3 is 25.2 Å². The van der Waals surface area contributed by atoms with Crippen molar-refractivity contribution in [3.63, 3.8) is 0 Å². The second-order valence-corrected chi connectivity index (χ2v) is 15.1. The zero-order chi connectivity index (χ0) is 37.2. The predicted molar refractivity (Wildman–Crippen MR) is 202 cm³/mol. The smallest absolute Gasteiger partial charge is 0.235 e. The quantitative estimate of drug-likeness (QED) is 0.153. The van der Waals surface area contributed by atoms with Gasteiger partial charge in [0.2, 0.25) is 11.8 Å². The molecule has 4 unspecified atom stereocenters. The zero-order valence-corrected chi connectivity index (χ0v) is 31.1. The van der Waals surface area contributed by atoms with E-state index >= 15 is 0 Å². The normalized spacial score (nSPS) is 20.4. The molecular formula is C43H50N2O6. The van der Waals surface area contributed by atoms with Gasteiger partial charge in [0.25, 0.3) is 0 Å². The molecule has 1 fully saturated rings. The van der Waals surface area contributed by atoms with Crippen LogP contribution in [0.5, 0.6) is 11.5 Å². The van der Waals surface area contributed by atoms with Crippen molar-refractivity contribution in [2.24, 2.45) is 11.8 Å². The number of nitrogens with one attached hydrogen (secondary N) is 2. The third kappa shape index (κ3) is 8.02. The summed E-state index contributed by atoms with van der Waals surface area (Å²) < 4.78 is 12.0. The van der Waals surface area contributed by atoms with E-state index in [-0.39, 0.29) is 11.8 Å². The number of methoxy groups -OCH3 is 1. The first-order valence-electron chi connectivity index (χ1n) is 17.4. The lowest BCUT2D eigenvalue weighted by molar-refractivity contribution is -0.150. The van der Waals surface area contributed by atoms with Crippen LogP contribution in [-0.4, -0.2) is 35.4 Å². The molecule has 51 heavy (non-hydrogen) atoms. The molecule has 0 spiro atoms. The Morgan fingerprint density at radius 3 is 1.94 bits per heavy atom. The number of anilines is 2. The van der Waals surface area contributed by atoms with Crippen molar-refractivity contribution in [3.8, 4) is 11.5 Å². The summed E-state index contributed by atoms with van der Waals surface area (Å²) in [6.07, 6.45) is -0.369. The lowest BCUT2D eigenvalue weighted by Gasteiger charge is -2.44. The number of amides is 2. The van der Waals surface area contributed by atoms with Gasteiger partial charge in [0.05, 0.1) is 18.6 Å². The van der Waals surface area contributed by atoms with Crippen molar-refractivity contribution in [1.82, 2.24) is 0 Å². The third-order valence-electron chi connectivity index (χ3n) is 10.3. The molecule has 8 nitrogen and oxygen atoms in total. The molecule has 0 saturated heterocycles. The summed E-state index contributed by atoms with van der Waals surface area (Å²) in [7, 11) is 1.52. The minimum atomic E-state index is -1.76. The number of carbonyl (C=O) groups is 3. The molecule has 0 aliphatic heterocycles. The molecule has 0 heterocycles. The van der Waals surface area contributed by atoms with Crippen LogP contribution in [0.3, 0.4) is 0 Å². The van der Waals surface area contributed by atoms with Crippen molar-refractivity contribution < 1.29 is 29.0 Å². The molecule has 8 heteroatoms. The Bertz CT molecular complexity index is 1940. The maximum absolute atomic E-state index is 14.4. The number of aliphatic hydroxyl groups is 1. The maximum atomic E-state index is 14.4. The number of rotatable bonds is 9. The minimum absolute atomic E-state index is 0.0326. The fourth-order valence-corrected chi connectivity index (χ4v) is 6.96. The van der Waals surface area contributed by atoms with E-state index in [1.54, 1.807) is 30.3 Å². The van der Waals surface area contributed by atoms with Gasteiger partial charge in [0.15, 0.2) is 11.5 Å². The highest BCUT2D eigenvalue weighted by molar-refractivity contribution is 6.10. The van der Waals surface area contributed by atoms with Crippen LogP contribution < -0.4 is 20.1 Å². The molecule has 0 aromatic heterocycles. The number of ether oxygens (including phenoxy) is 2. The molecule has 1 aliphatic carbocycles. The molecule has 0 radical (unpaired) electrons. The summed E-state index contributed by atoms with van der Waals surface area (Å²) in [6, 6.07) is 24.6. The largest absolute Gasteiger partial charge is 0.493 e. The predicted octanol–water partition coefficient (Wildman–Crippen LogP) is 8.12. The molecule has 4 aromatic rings. The highest BCUT2D eigenvalue weighted by atomic mass is 16.5. The Labute approximate surface area is 301 Å². The first kappa shape index (κ1) is 37.3. The van der Waals surface area contributed by atoms with Crippen LogP contribution in [0.1, 0.15) is 79.0 Å². The van der Waals surface area contributed by atoms with E-state index in [4.69, 9.17) is 9.47 Å². The number of carbonyl (C=O) groups excluding carboxylic acids is 3. The van der Waals surface area contributed by atoms with Crippen molar-refractivity contribution in [3.05, 3.63) is 118 Å². The van der Waals surface area contributed by atoms with Crippen molar-refractivity contribution in [1.29, 1.82) is 0 Å². The van der Waals surface area contributed by atoms with Crippen molar-refractivity contribution in [2.45, 2.75) is 85.4 Å². The molecule has 1 aliphatic rings. The van der Waals surface area contributed by atoms with Gasteiger partial charge >= 0.3 is 0 Å². The van der Waals surface area contributed by atoms with Gasteiger partial charge in [-0.25, -0.2) is 0 Å². The fraction of sp³-hybridized carbons (Fsp3) is 0.372. The summed E-state index contributed by atoms with van der Waals surface area (Å²) in [5.41, 5.74) is 5.87. The Hall–Kier alpha value is -4.95. The minimum Gasteiger partial charge on any atom is -0.493 e. The highest BCUT2D eigenvalue weighted by Crippen LogP contribution is 2.48. The van der Waals surface area contributed by atoms with Gasteiger partial charge in [0, 0.05) is 23.7 Å². The SMILES string of the molecule is COc1cc(C2C(C(=O)Nc3cccc(C)c3C)C(=O)CC(C)(O)C2C(=O)Nc2cccc(C)c2C)ccc1OCc1ccc(C(C)(C)C)cc1. The topological polar surface area (TPSA) is 114 Å². The molecule has 5 rings (SSSR count). The van der Waals surface area contributed by atoms with Gasteiger partial charge in [-0.05, 0) is 103 Å². The number of hydrogen-bond acceptors (Lipinski definition) is 6. The van der Waals surface area contributed by atoms with Crippen LogP contribution in [0.25, 0.3) is 0 Å². The first-order chi connectivity index (χ1) is 24.0. The number of ketones is 1. The lowest BCUT2D eigenvalue weighted by Crippen LogP contribution is -2.56. The van der Waals surface area contributed by atoms with E-state index in [0.29, 0.717) is 35.0 Å². The van der Waals surface area contributed by atoms with Gasteiger partial charge in [-0.15, -0.1) is 0 Å². The zero-order valence-electron chi connectivity index (χ0n) is 31.1. The Kier molecular flexibility index (Phi) is 10.8. The molecule has 2 amide bonds. The van der Waals surface area contributed by atoms with Gasteiger partial charge in [-0.1, -0.05) is 75.4 Å². The Morgan fingerprint density at radius 2 is 1.39 bits per heavy atom. The van der Waals surface area contributed by atoms with Gasteiger partial charge in [-0.3, -0.25) is 14.4 Å². The number of Topliss-reactive ketones (excluding diaryl/α,β-unsaturated/α-hetero) is 1. The summed E-state index contributed by atoms with van der Waals surface area (Å²) in [6.45, 7) is 16.0. The van der Waals surface area contributed by atoms with Crippen LogP contribution in [0.4, 0.5) is 11.4 Å². The molecule has 0 bridgehead atoms. The monoisotopic (exact) mass is 690 g/mol. The van der Waals surface area contributed by atoms with Crippen LogP contribution in [0, 0.1) is 39.5 Å². The van der Waals surface area contributed by atoms with Gasteiger partial charge in [-0.2, -0.15) is 0 Å². The van der Waals surface area contributed by atoms with E-state index in [1.807, 2.05) is 64.1 Å². The molecule has 4 aromatic carbocycles. The second kappa shape index (κ2) is 14.7. The number of benzene rings is 4. The third-order valence-corrected chi connectivity index (χ3v) is 10.3. The van der Waals surface area contributed by atoms with E-state index in [1.165, 1.54) is 19.6 Å². The molecule has 268 valence electrons. The van der Waals surface area contributed by atoms with Crippen LogP contribution >= 0.6 is 0 Å². The van der Waals surface area contributed by atoms with Crippen LogP contribution in [0.15, 0.2) is 78.9 Å². The lowest BCUT2D eigenvalue weighted by atomic mass is 9.61. The summed E-state index contributed by atoms with van der Waals surface area (Å²) >= 11 is 0. The van der Waals surface area contributed by atoms with Crippen LogP contribution in [0.2, 0.25) is 0 Å². The van der Waals surface area contributed by atoms with E-state index < -0.39 is 41.0 Å². The van der Waals surface area contributed by atoms with Crippen molar-refractivity contribution >= 4 is 29.0 Å². The molecule has 1 saturated carbocycles.